The quantitative estimate of drug-likeness (QED) is 0.217. The van der Waals surface area contributed by atoms with Gasteiger partial charge in [0.2, 0.25) is 0 Å². The summed E-state index contributed by atoms with van der Waals surface area (Å²) in [5.74, 6) is 0.705. The number of methoxy groups -OCH3 is 1. The molecule has 4 atom stereocenters. The molecule has 3 nitrogen and oxygen atoms in total. The van der Waals surface area contributed by atoms with E-state index < -0.39 is 0 Å². The van der Waals surface area contributed by atoms with Crippen LogP contribution in [0, 0.1) is 5.92 Å². The molecule has 1 aliphatic rings. The smallest absolute Gasteiger partial charge is 0.348 e. The van der Waals surface area contributed by atoms with Crippen LogP contribution < -0.4 is 0 Å². The van der Waals surface area contributed by atoms with Crippen LogP contribution in [0.25, 0.3) is 0 Å². The molecule has 1 unspecified atom stereocenters. The molecule has 3 rings (SSSR count). The summed E-state index contributed by atoms with van der Waals surface area (Å²) < 4.78 is 4.80. The molecule has 0 radical (unpaired) electrons. The van der Waals surface area contributed by atoms with Crippen molar-refractivity contribution in [2.24, 2.45) is 5.92 Å². The first-order valence-corrected chi connectivity index (χ1v) is 12.9. The van der Waals surface area contributed by atoms with E-state index in [0.29, 0.717) is 16.7 Å². The molecule has 1 aliphatic carbocycles. The minimum atomic E-state index is -0.360. The van der Waals surface area contributed by atoms with Gasteiger partial charge in [-0.1, -0.05) is 50.5 Å². The lowest BCUT2D eigenvalue weighted by molar-refractivity contribution is 0.0606. The zero-order valence-corrected chi connectivity index (χ0v) is 20.3. The summed E-state index contributed by atoms with van der Waals surface area (Å²) >= 11 is 8.25. The maximum atomic E-state index is 11.6. The van der Waals surface area contributed by atoms with Gasteiger partial charge in [-0.05, 0) is 73.6 Å². The van der Waals surface area contributed by atoms with Crippen molar-refractivity contribution in [2.75, 3.05) is 7.11 Å². The summed E-state index contributed by atoms with van der Waals surface area (Å²) in [6.45, 7) is 2.18. The van der Waals surface area contributed by atoms with Crippen LogP contribution in [0.2, 0.25) is 0 Å². The Balaban J connectivity index is 1.55. The highest BCUT2D eigenvalue weighted by molar-refractivity contribution is 7.13. The highest BCUT2D eigenvalue weighted by Gasteiger charge is 2.35. The second-order valence-corrected chi connectivity index (χ2v) is 10.4. The molecular weight excluding hydrogens is 428 g/mol. The number of carbonyl (C=O) groups excluding carboxylic acids is 1. The summed E-state index contributed by atoms with van der Waals surface area (Å²) in [6, 6.07) is 12.5. The van der Waals surface area contributed by atoms with Gasteiger partial charge in [0.05, 0.1) is 13.2 Å². The number of aryl methyl sites for hydroxylation is 1. The topological polar surface area (TPSA) is 46.5 Å². The molecule has 1 aromatic heterocycles. The molecule has 31 heavy (non-hydrogen) atoms. The third-order valence-electron chi connectivity index (χ3n) is 6.57. The molecule has 2 aromatic rings. The Bertz CT molecular complexity index is 816. The normalized spacial score (nSPS) is 21.9. The van der Waals surface area contributed by atoms with E-state index in [1.165, 1.54) is 41.7 Å². The number of hydrogen-bond donors (Lipinski definition) is 1. The molecule has 0 aliphatic heterocycles. The fraction of sp³-hybridized carbons (Fsp3) is 0.577. The average Bonchev–Trinajstić information content (AvgIpc) is 3.40. The van der Waals surface area contributed by atoms with Crippen molar-refractivity contribution >= 4 is 28.9 Å². The highest BCUT2D eigenvalue weighted by Crippen LogP contribution is 2.45. The second-order valence-electron chi connectivity index (χ2n) is 8.69. The predicted octanol–water partition coefficient (Wildman–Crippen LogP) is 7.27. The Labute approximate surface area is 195 Å². The van der Waals surface area contributed by atoms with Gasteiger partial charge in [-0.15, -0.1) is 22.9 Å². The molecule has 1 saturated carbocycles. The van der Waals surface area contributed by atoms with E-state index in [4.69, 9.17) is 16.3 Å². The average molecular weight is 463 g/mol. The summed E-state index contributed by atoms with van der Waals surface area (Å²) in [4.78, 5) is 13.5. The van der Waals surface area contributed by atoms with E-state index in [0.717, 1.165) is 50.5 Å². The standard InChI is InChI=1S/C26H35ClO3S/c1-3-4-5-9-24(28)19-12-10-18(11-13-19)21-15-16-23(27)22(21)8-6-7-20-14-17-25(31-20)26(29)30-2/h10-14,17,21-24,28H,3-9,15-16H2,1-2H3/t21-,22-,23-,24?/m1/s1. The number of benzene rings is 1. The van der Waals surface area contributed by atoms with Crippen LogP contribution in [-0.4, -0.2) is 23.6 Å². The van der Waals surface area contributed by atoms with Crippen LogP contribution >= 0.6 is 22.9 Å². The van der Waals surface area contributed by atoms with Crippen molar-refractivity contribution in [2.45, 2.75) is 82.1 Å². The van der Waals surface area contributed by atoms with Crippen molar-refractivity contribution in [1.82, 2.24) is 0 Å². The van der Waals surface area contributed by atoms with E-state index in [2.05, 4.69) is 31.2 Å². The van der Waals surface area contributed by atoms with Crippen LogP contribution in [-0.2, 0) is 11.2 Å². The molecule has 0 bridgehead atoms. The molecule has 1 N–H and O–H groups in total. The lowest BCUT2D eigenvalue weighted by Gasteiger charge is -2.23. The van der Waals surface area contributed by atoms with E-state index in [1.807, 2.05) is 12.1 Å². The van der Waals surface area contributed by atoms with Gasteiger partial charge in [0.1, 0.15) is 4.88 Å². The first-order chi connectivity index (χ1) is 15.0. The third kappa shape index (κ3) is 6.57. The number of unbranched alkanes of at least 4 members (excludes halogenated alkanes) is 2. The number of thiophene rings is 1. The predicted molar refractivity (Wildman–Crippen MR) is 129 cm³/mol. The Morgan fingerprint density at radius 1 is 1.16 bits per heavy atom. The van der Waals surface area contributed by atoms with Crippen LogP contribution in [0.15, 0.2) is 36.4 Å². The molecule has 1 heterocycles. The fourth-order valence-corrected chi connectivity index (χ4v) is 6.16. The number of hydrogen-bond acceptors (Lipinski definition) is 4. The molecule has 1 aromatic carbocycles. The molecule has 0 saturated heterocycles. The molecule has 1 fully saturated rings. The Kier molecular flexibility index (Phi) is 9.43. The van der Waals surface area contributed by atoms with Crippen molar-refractivity contribution in [1.29, 1.82) is 0 Å². The monoisotopic (exact) mass is 462 g/mol. The van der Waals surface area contributed by atoms with Gasteiger partial charge in [-0.2, -0.15) is 0 Å². The minimum absolute atomic E-state index is 0.221. The van der Waals surface area contributed by atoms with Crippen molar-refractivity contribution in [3.05, 3.63) is 57.3 Å². The second kappa shape index (κ2) is 12.0. The molecular formula is C26H35ClO3S. The minimum Gasteiger partial charge on any atom is -0.465 e. The van der Waals surface area contributed by atoms with Gasteiger partial charge in [0, 0.05) is 10.3 Å². The van der Waals surface area contributed by atoms with E-state index in [-0.39, 0.29) is 17.5 Å². The highest BCUT2D eigenvalue weighted by atomic mass is 35.5. The Morgan fingerprint density at radius 3 is 2.65 bits per heavy atom. The van der Waals surface area contributed by atoms with Crippen molar-refractivity contribution in [3.8, 4) is 0 Å². The molecule has 5 heteroatoms. The van der Waals surface area contributed by atoms with Crippen LogP contribution in [0.4, 0.5) is 0 Å². The largest absolute Gasteiger partial charge is 0.465 e. The maximum absolute atomic E-state index is 11.6. The fourth-order valence-electron chi connectivity index (χ4n) is 4.77. The zero-order chi connectivity index (χ0) is 22.2. The van der Waals surface area contributed by atoms with Crippen LogP contribution in [0.3, 0.4) is 0 Å². The number of ether oxygens (including phenoxy) is 1. The first kappa shape index (κ1) is 24.3. The number of esters is 1. The van der Waals surface area contributed by atoms with Gasteiger partial charge in [-0.3, -0.25) is 0 Å². The lowest BCUT2D eigenvalue weighted by Crippen LogP contribution is -2.14. The van der Waals surface area contributed by atoms with Crippen LogP contribution in [0.1, 0.15) is 96.0 Å². The number of halogens is 1. The van der Waals surface area contributed by atoms with E-state index >= 15 is 0 Å². The van der Waals surface area contributed by atoms with Crippen LogP contribution in [0.5, 0.6) is 0 Å². The van der Waals surface area contributed by atoms with Gasteiger partial charge < -0.3 is 9.84 Å². The molecule has 0 amide bonds. The van der Waals surface area contributed by atoms with Gasteiger partial charge in [0.15, 0.2) is 0 Å². The SMILES string of the molecule is CCCCCC(O)c1ccc([C@H]2CC[C@@H](Cl)[C@@H]2CCCc2ccc(C(=O)OC)s2)cc1. The molecule has 170 valence electrons. The van der Waals surface area contributed by atoms with E-state index in [1.54, 1.807) is 0 Å². The zero-order valence-electron chi connectivity index (χ0n) is 18.7. The lowest BCUT2D eigenvalue weighted by atomic mass is 9.85. The van der Waals surface area contributed by atoms with Gasteiger partial charge in [0.25, 0.3) is 0 Å². The first-order valence-electron chi connectivity index (χ1n) is 11.6. The maximum Gasteiger partial charge on any atom is 0.348 e. The summed E-state index contributed by atoms with van der Waals surface area (Å²) in [7, 11) is 1.42. The summed E-state index contributed by atoms with van der Waals surface area (Å²) in [5, 5.41) is 10.6. The Morgan fingerprint density at radius 2 is 1.94 bits per heavy atom. The number of aliphatic hydroxyl groups is 1. The third-order valence-corrected chi connectivity index (χ3v) is 8.24. The van der Waals surface area contributed by atoms with Crippen molar-refractivity contribution < 1.29 is 14.6 Å². The van der Waals surface area contributed by atoms with Crippen molar-refractivity contribution in [3.63, 3.8) is 0 Å². The number of aliphatic hydroxyl groups excluding tert-OH is 1. The number of carbonyl (C=O) groups is 1. The van der Waals surface area contributed by atoms with E-state index in [9.17, 15) is 9.90 Å². The Hall–Kier alpha value is -1.36. The number of rotatable bonds is 11. The van der Waals surface area contributed by atoms with Gasteiger partial charge in [-0.25, -0.2) is 4.79 Å². The van der Waals surface area contributed by atoms with Gasteiger partial charge >= 0.3 is 5.97 Å². The summed E-state index contributed by atoms with van der Waals surface area (Å²) in [5.41, 5.74) is 2.37. The molecule has 0 spiro atoms. The number of alkyl halides is 1. The summed E-state index contributed by atoms with van der Waals surface area (Å²) in [6.07, 6.45) is 9.21.